The van der Waals surface area contributed by atoms with Crippen LogP contribution in [0.2, 0.25) is 0 Å². The Morgan fingerprint density at radius 1 is 1.30 bits per heavy atom. The molecule has 0 spiro atoms. The van der Waals surface area contributed by atoms with E-state index >= 15 is 0 Å². The molecule has 2 heteroatoms. The van der Waals surface area contributed by atoms with Crippen LogP contribution in [0.4, 0.5) is 0 Å². The van der Waals surface area contributed by atoms with Gasteiger partial charge in [-0.1, -0.05) is 19.3 Å². The van der Waals surface area contributed by atoms with Crippen LogP contribution in [0.3, 0.4) is 0 Å². The number of hydrogen-bond acceptors (Lipinski definition) is 2. The van der Waals surface area contributed by atoms with Gasteiger partial charge in [-0.15, -0.1) is 0 Å². The molecule has 1 atom stereocenters. The van der Waals surface area contributed by atoms with Gasteiger partial charge in [0.05, 0.1) is 0 Å². The molecule has 0 amide bonds. The van der Waals surface area contributed by atoms with Gasteiger partial charge in [0.2, 0.25) is 0 Å². The van der Waals surface area contributed by atoms with Crippen molar-refractivity contribution in [2.45, 2.75) is 38.4 Å². The monoisotopic (exact) mass is 144 g/mol. The van der Waals surface area contributed by atoms with E-state index in [2.05, 4.69) is 0 Å². The summed E-state index contributed by atoms with van der Waals surface area (Å²) in [5.74, 6) is 0.402. The molecule has 10 heavy (non-hydrogen) atoms. The fourth-order valence-corrected chi connectivity index (χ4v) is 1.61. The summed E-state index contributed by atoms with van der Waals surface area (Å²) in [7, 11) is 1.57. The molecular formula is C8H16O2. The summed E-state index contributed by atoms with van der Waals surface area (Å²) in [5.41, 5.74) is 0. The molecular weight excluding hydrogens is 128 g/mol. The molecule has 0 aromatic heterocycles. The molecule has 0 aromatic carbocycles. The fourth-order valence-electron chi connectivity index (χ4n) is 1.61. The number of aliphatic hydroxyl groups excluding tert-OH is 1. The van der Waals surface area contributed by atoms with Gasteiger partial charge in [-0.25, -0.2) is 0 Å². The summed E-state index contributed by atoms with van der Waals surface area (Å²) in [4.78, 5) is 0. The van der Waals surface area contributed by atoms with Gasteiger partial charge < -0.3 is 9.84 Å². The Balaban J connectivity index is 2.24. The number of hydrogen-bond donors (Lipinski definition) is 1. The van der Waals surface area contributed by atoms with Crippen molar-refractivity contribution >= 4 is 0 Å². The standard InChI is InChI=1S/C8H16O2/c1-10-8(9)7-5-3-2-4-6-7/h7-9H,2-6H2,1H3/t8-/m0/s1. The Bertz CT molecular complexity index is 87.3. The highest BCUT2D eigenvalue weighted by Crippen LogP contribution is 2.26. The van der Waals surface area contributed by atoms with Gasteiger partial charge in [-0.05, 0) is 12.8 Å². The van der Waals surface area contributed by atoms with Gasteiger partial charge in [0.25, 0.3) is 0 Å². The van der Waals surface area contributed by atoms with Crippen molar-refractivity contribution in [1.29, 1.82) is 0 Å². The van der Waals surface area contributed by atoms with Crippen molar-refractivity contribution in [2.24, 2.45) is 5.92 Å². The zero-order chi connectivity index (χ0) is 7.40. The summed E-state index contributed by atoms with van der Waals surface area (Å²) in [5, 5.41) is 9.26. The van der Waals surface area contributed by atoms with Gasteiger partial charge in [0, 0.05) is 13.0 Å². The average Bonchev–Trinajstić information content (AvgIpc) is 2.05. The van der Waals surface area contributed by atoms with E-state index in [4.69, 9.17) is 4.74 Å². The van der Waals surface area contributed by atoms with Crippen LogP contribution in [0.5, 0.6) is 0 Å². The molecule has 60 valence electrons. The predicted molar refractivity (Wildman–Crippen MR) is 39.6 cm³/mol. The normalized spacial score (nSPS) is 24.6. The van der Waals surface area contributed by atoms with Gasteiger partial charge >= 0.3 is 0 Å². The Morgan fingerprint density at radius 3 is 2.40 bits per heavy atom. The van der Waals surface area contributed by atoms with Crippen molar-refractivity contribution in [1.82, 2.24) is 0 Å². The zero-order valence-electron chi connectivity index (χ0n) is 6.55. The second-order valence-electron chi connectivity index (χ2n) is 3.02. The van der Waals surface area contributed by atoms with E-state index in [0.717, 1.165) is 12.8 Å². The molecule has 0 bridgehead atoms. The third kappa shape index (κ3) is 1.96. The maximum Gasteiger partial charge on any atom is 0.156 e. The Labute approximate surface area is 62.2 Å². The van der Waals surface area contributed by atoms with Crippen LogP contribution < -0.4 is 0 Å². The van der Waals surface area contributed by atoms with Crippen LogP contribution in [-0.2, 0) is 4.74 Å². The first-order chi connectivity index (χ1) is 4.84. The summed E-state index contributed by atoms with van der Waals surface area (Å²) < 4.78 is 4.85. The molecule has 0 aromatic rings. The third-order valence-electron chi connectivity index (χ3n) is 2.29. The van der Waals surface area contributed by atoms with E-state index in [1.807, 2.05) is 0 Å². The van der Waals surface area contributed by atoms with Crippen molar-refractivity contribution in [2.75, 3.05) is 7.11 Å². The van der Waals surface area contributed by atoms with Crippen LogP contribution in [0.15, 0.2) is 0 Å². The van der Waals surface area contributed by atoms with Crippen molar-refractivity contribution < 1.29 is 9.84 Å². The molecule has 0 radical (unpaired) electrons. The number of methoxy groups -OCH3 is 1. The van der Waals surface area contributed by atoms with E-state index < -0.39 is 6.29 Å². The lowest BCUT2D eigenvalue weighted by atomic mass is 9.89. The van der Waals surface area contributed by atoms with E-state index in [1.165, 1.54) is 19.3 Å². The molecule has 0 aliphatic heterocycles. The van der Waals surface area contributed by atoms with Crippen LogP contribution in [0.1, 0.15) is 32.1 Å². The molecule has 1 rings (SSSR count). The summed E-state index contributed by atoms with van der Waals surface area (Å²) in [6.07, 6.45) is 5.59. The highest BCUT2D eigenvalue weighted by atomic mass is 16.6. The van der Waals surface area contributed by atoms with Crippen LogP contribution in [-0.4, -0.2) is 18.5 Å². The maximum atomic E-state index is 9.26. The second-order valence-corrected chi connectivity index (χ2v) is 3.02. The molecule has 1 aliphatic carbocycles. The molecule has 1 saturated carbocycles. The fraction of sp³-hybridized carbons (Fsp3) is 1.00. The minimum absolute atomic E-state index is 0.402. The molecule has 1 fully saturated rings. The highest BCUT2D eigenvalue weighted by Gasteiger charge is 2.20. The first kappa shape index (κ1) is 8.02. The van der Waals surface area contributed by atoms with Gasteiger partial charge in [-0.2, -0.15) is 0 Å². The summed E-state index contributed by atoms with van der Waals surface area (Å²) in [6, 6.07) is 0. The van der Waals surface area contributed by atoms with Gasteiger partial charge in [0.1, 0.15) is 0 Å². The smallest absolute Gasteiger partial charge is 0.156 e. The Kier molecular flexibility index (Phi) is 3.16. The summed E-state index contributed by atoms with van der Waals surface area (Å²) in [6.45, 7) is 0. The quantitative estimate of drug-likeness (QED) is 0.595. The van der Waals surface area contributed by atoms with Gasteiger partial charge in [0.15, 0.2) is 6.29 Å². The van der Waals surface area contributed by atoms with E-state index in [9.17, 15) is 5.11 Å². The van der Waals surface area contributed by atoms with E-state index in [-0.39, 0.29) is 0 Å². The molecule has 1 aliphatic rings. The molecule has 0 heterocycles. The van der Waals surface area contributed by atoms with Crippen LogP contribution in [0.25, 0.3) is 0 Å². The lowest BCUT2D eigenvalue weighted by Crippen LogP contribution is -2.24. The lowest BCUT2D eigenvalue weighted by Gasteiger charge is -2.24. The first-order valence-corrected chi connectivity index (χ1v) is 4.05. The number of aliphatic hydroxyl groups is 1. The van der Waals surface area contributed by atoms with Gasteiger partial charge in [-0.3, -0.25) is 0 Å². The average molecular weight is 144 g/mol. The molecule has 0 saturated heterocycles. The molecule has 2 nitrogen and oxygen atoms in total. The Hall–Kier alpha value is -0.0800. The molecule has 1 N–H and O–H groups in total. The number of rotatable bonds is 2. The highest BCUT2D eigenvalue weighted by molar-refractivity contribution is 4.67. The lowest BCUT2D eigenvalue weighted by molar-refractivity contribution is -0.120. The first-order valence-electron chi connectivity index (χ1n) is 4.05. The maximum absolute atomic E-state index is 9.26. The van der Waals surface area contributed by atoms with Crippen molar-refractivity contribution in [3.05, 3.63) is 0 Å². The SMILES string of the molecule is CO[C@H](O)C1CCCCC1. The minimum atomic E-state index is -0.514. The minimum Gasteiger partial charge on any atom is -0.368 e. The van der Waals surface area contributed by atoms with Crippen molar-refractivity contribution in [3.63, 3.8) is 0 Å². The largest absolute Gasteiger partial charge is 0.368 e. The van der Waals surface area contributed by atoms with E-state index in [1.54, 1.807) is 7.11 Å². The predicted octanol–water partition coefficient (Wildman–Crippen LogP) is 1.53. The van der Waals surface area contributed by atoms with Crippen molar-refractivity contribution in [3.8, 4) is 0 Å². The van der Waals surface area contributed by atoms with Crippen LogP contribution >= 0.6 is 0 Å². The van der Waals surface area contributed by atoms with Crippen LogP contribution in [0, 0.1) is 5.92 Å². The topological polar surface area (TPSA) is 29.5 Å². The summed E-state index contributed by atoms with van der Waals surface area (Å²) >= 11 is 0. The zero-order valence-corrected chi connectivity index (χ0v) is 6.55. The third-order valence-corrected chi connectivity index (χ3v) is 2.29. The Morgan fingerprint density at radius 2 is 1.90 bits per heavy atom. The molecule has 0 unspecified atom stereocenters. The second kappa shape index (κ2) is 3.94. The van der Waals surface area contributed by atoms with E-state index in [0.29, 0.717) is 5.92 Å². The number of ether oxygens (including phenoxy) is 1.